The number of nitrogens with two attached hydrogens (primary N) is 1. The van der Waals surface area contributed by atoms with Gasteiger partial charge in [0.05, 0.1) is 13.2 Å². The molecule has 2 rings (SSSR count). The molecule has 0 bridgehead atoms. The lowest BCUT2D eigenvalue weighted by Gasteiger charge is -2.18. The number of benzene rings is 2. The van der Waals surface area contributed by atoms with Crippen LogP contribution in [-0.4, -0.2) is 7.11 Å². The monoisotopic (exact) mass is 277 g/mol. The average molecular weight is 277 g/mol. The van der Waals surface area contributed by atoms with E-state index in [9.17, 15) is 8.78 Å². The summed E-state index contributed by atoms with van der Waals surface area (Å²) in [4.78, 5) is 0. The van der Waals surface area contributed by atoms with E-state index in [1.807, 2.05) is 19.1 Å². The largest absolute Gasteiger partial charge is 0.496 e. The molecule has 0 radical (unpaired) electrons. The predicted molar refractivity (Wildman–Crippen MR) is 74.9 cm³/mol. The smallest absolute Gasteiger partial charge is 0.164 e. The van der Waals surface area contributed by atoms with E-state index < -0.39 is 17.7 Å². The van der Waals surface area contributed by atoms with E-state index >= 15 is 0 Å². The Kier molecular flexibility index (Phi) is 4.04. The third-order valence-electron chi connectivity index (χ3n) is 3.36. The van der Waals surface area contributed by atoms with Crippen LogP contribution in [0.4, 0.5) is 8.78 Å². The summed E-state index contributed by atoms with van der Waals surface area (Å²) in [6, 6.07) is 7.73. The van der Waals surface area contributed by atoms with Crippen molar-refractivity contribution < 1.29 is 13.5 Å². The lowest BCUT2D eigenvalue weighted by molar-refractivity contribution is 0.406. The number of rotatable bonds is 3. The summed E-state index contributed by atoms with van der Waals surface area (Å²) in [5.74, 6) is -1.20. The van der Waals surface area contributed by atoms with Crippen LogP contribution in [0.15, 0.2) is 30.3 Å². The summed E-state index contributed by atoms with van der Waals surface area (Å²) < 4.78 is 32.9. The molecule has 20 heavy (non-hydrogen) atoms. The molecule has 0 aliphatic heterocycles. The SMILES string of the molecule is COc1ccc(C)cc1C(N)c1ccc(C)c(F)c1F. The molecular weight excluding hydrogens is 260 g/mol. The van der Waals surface area contributed by atoms with Crippen LogP contribution in [0.25, 0.3) is 0 Å². The minimum Gasteiger partial charge on any atom is -0.496 e. The van der Waals surface area contributed by atoms with E-state index in [4.69, 9.17) is 10.5 Å². The zero-order valence-electron chi connectivity index (χ0n) is 11.7. The molecule has 0 spiro atoms. The highest BCUT2D eigenvalue weighted by Crippen LogP contribution is 2.31. The molecule has 4 heteroatoms. The molecule has 0 saturated carbocycles. The van der Waals surface area contributed by atoms with Crippen LogP contribution >= 0.6 is 0 Å². The fraction of sp³-hybridized carbons (Fsp3) is 0.250. The van der Waals surface area contributed by atoms with E-state index in [0.717, 1.165) is 5.56 Å². The van der Waals surface area contributed by atoms with Crippen molar-refractivity contribution in [1.29, 1.82) is 0 Å². The molecule has 1 unspecified atom stereocenters. The van der Waals surface area contributed by atoms with Gasteiger partial charge in [-0.1, -0.05) is 29.8 Å². The number of hydrogen-bond donors (Lipinski definition) is 1. The second kappa shape index (κ2) is 5.59. The second-order valence-electron chi connectivity index (χ2n) is 4.82. The van der Waals surface area contributed by atoms with Gasteiger partial charge in [0.15, 0.2) is 11.6 Å². The number of ether oxygens (including phenoxy) is 1. The van der Waals surface area contributed by atoms with Crippen molar-refractivity contribution >= 4 is 0 Å². The van der Waals surface area contributed by atoms with Crippen LogP contribution in [0.5, 0.6) is 5.75 Å². The van der Waals surface area contributed by atoms with Gasteiger partial charge in [-0.2, -0.15) is 0 Å². The minimum absolute atomic E-state index is 0.122. The first-order chi connectivity index (χ1) is 9.45. The zero-order valence-corrected chi connectivity index (χ0v) is 11.7. The summed E-state index contributed by atoms with van der Waals surface area (Å²) in [6.45, 7) is 3.42. The third kappa shape index (κ3) is 2.51. The van der Waals surface area contributed by atoms with Gasteiger partial charge in [0.1, 0.15) is 5.75 Å². The van der Waals surface area contributed by atoms with Gasteiger partial charge in [-0.25, -0.2) is 8.78 Å². The van der Waals surface area contributed by atoms with E-state index in [1.165, 1.54) is 26.2 Å². The molecule has 2 nitrogen and oxygen atoms in total. The van der Waals surface area contributed by atoms with Crippen molar-refractivity contribution in [2.45, 2.75) is 19.9 Å². The summed E-state index contributed by atoms with van der Waals surface area (Å²) in [5.41, 5.74) is 8.09. The fourth-order valence-electron chi connectivity index (χ4n) is 2.17. The molecule has 106 valence electrons. The highest BCUT2D eigenvalue weighted by atomic mass is 19.2. The highest BCUT2D eigenvalue weighted by Gasteiger charge is 2.20. The van der Waals surface area contributed by atoms with Gasteiger partial charge >= 0.3 is 0 Å². The van der Waals surface area contributed by atoms with E-state index in [-0.39, 0.29) is 11.1 Å². The molecule has 0 aliphatic rings. The Morgan fingerprint density at radius 2 is 1.70 bits per heavy atom. The Morgan fingerprint density at radius 1 is 1.00 bits per heavy atom. The maximum atomic E-state index is 14.0. The van der Waals surface area contributed by atoms with Gasteiger partial charge < -0.3 is 10.5 Å². The average Bonchev–Trinajstić information content (AvgIpc) is 2.44. The normalized spacial score (nSPS) is 12.3. The standard InChI is InChI=1S/C16H17F2NO/c1-9-4-7-13(20-3)12(8-9)16(19)11-6-5-10(2)14(17)15(11)18/h4-8,16H,19H2,1-3H3. The summed E-state index contributed by atoms with van der Waals surface area (Å²) in [5, 5.41) is 0. The number of hydrogen-bond acceptors (Lipinski definition) is 2. The molecule has 2 aromatic carbocycles. The Morgan fingerprint density at radius 3 is 2.35 bits per heavy atom. The molecule has 0 aliphatic carbocycles. The molecular formula is C16H17F2NO. The Labute approximate surface area is 117 Å². The first-order valence-corrected chi connectivity index (χ1v) is 6.30. The molecule has 0 saturated heterocycles. The van der Waals surface area contributed by atoms with E-state index in [2.05, 4.69) is 0 Å². The Bertz CT molecular complexity index is 641. The maximum Gasteiger partial charge on any atom is 0.164 e. The van der Waals surface area contributed by atoms with Crippen LogP contribution < -0.4 is 10.5 Å². The van der Waals surface area contributed by atoms with Crippen LogP contribution in [0.3, 0.4) is 0 Å². The van der Waals surface area contributed by atoms with Crippen molar-refractivity contribution in [3.63, 3.8) is 0 Å². The molecule has 0 heterocycles. The Balaban J connectivity index is 2.54. The second-order valence-corrected chi connectivity index (χ2v) is 4.82. The fourth-order valence-corrected chi connectivity index (χ4v) is 2.17. The van der Waals surface area contributed by atoms with Gasteiger partial charge in [-0.05, 0) is 25.5 Å². The van der Waals surface area contributed by atoms with Crippen molar-refractivity contribution in [3.8, 4) is 5.75 Å². The first-order valence-electron chi connectivity index (χ1n) is 6.30. The molecule has 2 aromatic rings. The van der Waals surface area contributed by atoms with Crippen LogP contribution in [0.1, 0.15) is 28.3 Å². The summed E-state index contributed by atoms with van der Waals surface area (Å²) in [6.07, 6.45) is 0. The highest BCUT2D eigenvalue weighted by molar-refractivity contribution is 5.44. The first kappa shape index (κ1) is 14.5. The molecule has 0 aromatic heterocycles. The Hall–Kier alpha value is -1.94. The zero-order chi connectivity index (χ0) is 14.9. The van der Waals surface area contributed by atoms with Gasteiger partial charge in [0.25, 0.3) is 0 Å². The summed E-state index contributed by atoms with van der Waals surface area (Å²) in [7, 11) is 1.52. The van der Waals surface area contributed by atoms with Gasteiger partial charge in [-0.15, -0.1) is 0 Å². The number of aryl methyl sites for hydroxylation is 2. The van der Waals surface area contributed by atoms with Crippen molar-refractivity contribution in [1.82, 2.24) is 0 Å². The molecule has 1 atom stereocenters. The molecule has 0 fully saturated rings. The maximum absolute atomic E-state index is 14.0. The van der Waals surface area contributed by atoms with Gasteiger partial charge in [-0.3, -0.25) is 0 Å². The molecule has 2 N–H and O–H groups in total. The minimum atomic E-state index is -0.902. The van der Waals surface area contributed by atoms with Crippen LogP contribution in [0, 0.1) is 25.5 Å². The number of methoxy groups -OCH3 is 1. The lowest BCUT2D eigenvalue weighted by atomic mass is 9.95. The van der Waals surface area contributed by atoms with Gasteiger partial charge in [0, 0.05) is 11.1 Å². The molecule has 0 amide bonds. The van der Waals surface area contributed by atoms with Crippen LogP contribution in [0.2, 0.25) is 0 Å². The van der Waals surface area contributed by atoms with E-state index in [1.54, 1.807) is 6.07 Å². The summed E-state index contributed by atoms with van der Waals surface area (Å²) >= 11 is 0. The quantitative estimate of drug-likeness (QED) is 0.929. The number of halogens is 2. The van der Waals surface area contributed by atoms with Crippen molar-refractivity contribution in [2.24, 2.45) is 5.73 Å². The topological polar surface area (TPSA) is 35.2 Å². The van der Waals surface area contributed by atoms with Crippen LogP contribution in [-0.2, 0) is 0 Å². The third-order valence-corrected chi connectivity index (χ3v) is 3.36. The van der Waals surface area contributed by atoms with Crippen molar-refractivity contribution in [3.05, 3.63) is 64.2 Å². The lowest BCUT2D eigenvalue weighted by Crippen LogP contribution is -2.16. The van der Waals surface area contributed by atoms with Crippen molar-refractivity contribution in [2.75, 3.05) is 7.11 Å². The van der Waals surface area contributed by atoms with E-state index in [0.29, 0.717) is 11.3 Å². The van der Waals surface area contributed by atoms with Gasteiger partial charge in [0.2, 0.25) is 0 Å². The predicted octanol–water partition coefficient (Wildman–Crippen LogP) is 3.64.